The topological polar surface area (TPSA) is 84.9 Å². The lowest BCUT2D eigenvalue weighted by Gasteiger charge is -2.11. The van der Waals surface area contributed by atoms with Crippen molar-refractivity contribution in [2.24, 2.45) is 5.92 Å². The predicted molar refractivity (Wildman–Crippen MR) is 96.9 cm³/mol. The van der Waals surface area contributed by atoms with Gasteiger partial charge in [-0.3, -0.25) is 9.59 Å². The molecule has 2 N–H and O–H groups in total. The van der Waals surface area contributed by atoms with Gasteiger partial charge in [-0.2, -0.15) is 0 Å². The van der Waals surface area contributed by atoms with E-state index in [9.17, 15) is 9.59 Å². The van der Waals surface area contributed by atoms with E-state index in [-0.39, 0.29) is 5.91 Å². The summed E-state index contributed by atoms with van der Waals surface area (Å²) in [5.41, 5.74) is 2.04. The molecule has 0 saturated heterocycles. The fourth-order valence-electron chi connectivity index (χ4n) is 2.67. The van der Waals surface area contributed by atoms with Crippen LogP contribution in [0.3, 0.4) is 0 Å². The van der Waals surface area contributed by atoms with Crippen LogP contribution >= 0.6 is 0 Å². The second kappa shape index (κ2) is 7.91. The molecule has 0 aromatic heterocycles. The van der Waals surface area contributed by atoms with Gasteiger partial charge in [0.25, 0.3) is 5.91 Å². The van der Waals surface area contributed by atoms with Crippen molar-refractivity contribution in [1.29, 1.82) is 0 Å². The van der Waals surface area contributed by atoms with Crippen LogP contribution in [0.1, 0.15) is 29.3 Å². The molecule has 2 aromatic rings. The number of aliphatic carboxylic acids is 1. The number of rotatable bonds is 5. The van der Waals surface area contributed by atoms with Crippen molar-refractivity contribution in [1.82, 2.24) is 0 Å². The molecule has 1 heterocycles. The van der Waals surface area contributed by atoms with Crippen LogP contribution < -0.4 is 14.8 Å². The summed E-state index contributed by atoms with van der Waals surface area (Å²) in [6.07, 6.45) is 1.26. The average molecular weight is 355 g/mol. The molecule has 0 aliphatic carbocycles. The molecular formula is C20H21NO5. The Morgan fingerprint density at radius 3 is 2.46 bits per heavy atom. The van der Waals surface area contributed by atoms with E-state index in [0.29, 0.717) is 42.4 Å². The third-order valence-electron chi connectivity index (χ3n) is 4.18. The molecule has 0 fully saturated rings. The number of carboxylic acid groups (broad SMARTS) is 1. The lowest BCUT2D eigenvalue weighted by Crippen LogP contribution is -2.13. The molecule has 6 heteroatoms. The number of anilines is 1. The van der Waals surface area contributed by atoms with E-state index >= 15 is 0 Å². The molecular weight excluding hydrogens is 334 g/mol. The molecule has 3 rings (SSSR count). The molecule has 1 aliphatic heterocycles. The Morgan fingerprint density at radius 2 is 1.77 bits per heavy atom. The first kappa shape index (κ1) is 17.8. The Labute approximate surface area is 151 Å². The van der Waals surface area contributed by atoms with E-state index in [4.69, 9.17) is 14.6 Å². The van der Waals surface area contributed by atoms with Crippen molar-refractivity contribution in [3.8, 4) is 11.5 Å². The molecule has 1 unspecified atom stereocenters. The number of carbonyl (C=O) groups excluding carboxylic acids is 1. The maximum absolute atomic E-state index is 12.5. The fraction of sp³-hybridized carbons (Fsp3) is 0.300. The summed E-state index contributed by atoms with van der Waals surface area (Å²) in [5.74, 6) is -0.287. The first-order chi connectivity index (χ1) is 12.5. The molecule has 1 amide bonds. The van der Waals surface area contributed by atoms with Gasteiger partial charge in [0.2, 0.25) is 0 Å². The molecule has 6 nitrogen and oxygen atoms in total. The normalized spacial score (nSPS) is 14.2. The minimum Gasteiger partial charge on any atom is -0.490 e. The van der Waals surface area contributed by atoms with Gasteiger partial charge in [0.1, 0.15) is 0 Å². The van der Waals surface area contributed by atoms with Crippen molar-refractivity contribution < 1.29 is 24.2 Å². The summed E-state index contributed by atoms with van der Waals surface area (Å²) in [5, 5.41) is 11.8. The van der Waals surface area contributed by atoms with Crippen LogP contribution in [0.5, 0.6) is 11.5 Å². The van der Waals surface area contributed by atoms with Gasteiger partial charge in [0.05, 0.1) is 19.1 Å². The quantitative estimate of drug-likeness (QED) is 0.859. The smallest absolute Gasteiger partial charge is 0.306 e. The SMILES string of the molecule is CC(Cc1ccc(NC(=O)c2ccc3c(c2)OCCCO3)cc1)C(=O)O. The van der Waals surface area contributed by atoms with E-state index in [2.05, 4.69) is 5.32 Å². The molecule has 1 atom stereocenters. The summed E-state index contributed by atoms with van der Waals surface area (Å²) in [7, 11) is 0. The van der Waals surface area contributed by atoms with Gasteiger partial charge in [-0.15, -0.1) is 0 Å². The fourth-order valence-corrected chi connectivity index (χ4v) is 2.67. The summed E-state index contributed by atoms with van der Waals surface area (Å²) in [6.45, 7) is 2.84. The van der Waals surface area contributed by atoms with Gasteiger partial charge in [-0.05, 0) is 42.3 Å². The van der Waals surface area contributed by atoms with Crippen LogP contribution in [-0.2, 0) is 11.2 Å². The van der Waals surface area contributed by atoms with Gasteiger partial charge in [0, 0.05) is 17.7 Å². The van der Waals surface area contributed by atoms with Gasteiger partial charge >= 0.3 is 5.97 Å². The van der Waals surface area contributed by atoms with Crippen molar-refractivity contribution in [2.45, 2.75) is 19.8 Å². The van der Waals surface area contributed by atoms with Crippen molar-refractivity contribution in [3.05, 3.63) is 53.6 Å². The monoisotopic (exact) mass is 355 g/mol. The number of amides is 1. The zero-order valence-corrected chi connectivity index (χ0v) is 14.5. The van der Waals surface area contributed by atoms with Crippen LogP contribution in [-0.4, -0.2) is 30.2 Å². The second-order valence-corrected chi connectivity index (χ2v) is 6.31. The highest BCUT2D eigenvalue weighted by Gasteiger charge is 2.15. The number of benzene rings is 2. The highest BCUT2D eigenvalue weighted by Crippen LogP contribution is 2.30. The Bertz CT molecular complexity index is 800. The second-order valence-electron chi connectivity index (χ2n) is 6.31. The minimum absolute atomic E-state index is 0.243. The number of hydrogen-bond donors (Lipinski definition) is 2. The molecule has 1 aliphatic rings. The zero-order valence-electron chi connectivity index (χ0n) is 14.5. The standard InChI is InChI=1S/C20H21NO5/c1-13(20(23)24)11-14-3-6-16(7-4-14)21-19(22)15-5-8-17-18(12-15)26-10-2-9-25-17/h3-8,12-13H,2,9-11H2,1H3,(H,21,22)(H,23,24). The molecule has 0 bridgehead atoms. The van der Waals surface area contributed by atoms with E-state index in [0.717, 1.165) is 12.0 Å². The minimum atomic E-state index is -0.822. The van der Waals surface area contributed by atoms with Crippen molar-refractivity contribution in [2.75, 3.05) is 18.5 Å². The highest BCUT2D eigenvalue weighted by molar-refractivity contribution is 6.04. The van der Waals surface area contributed by atoms with Crippen molar-refractivity contribution in [3.63, 3.8) is 0 Å². The van der Waals surface area contributed by atoms with E-state index < -0.39 is 11.9 Å². The van der Waals surface area contributed by atoms with E-state index in [1.54, 1.807) is 37.3 Å². The van der Waals surface area contributed by atoms with Gasteiger partial charge < -0.3 is 19.9 Å². The van der Waals surface area contributed by atoms with Gasteiger partial charge in [0.15, 0.2) is 11.5 Å². The van der Waals surface area contributed by atoms with Crippen LogP contribution in [0.2, 0.25) is 0 Å². The molecule has 136 valence electrons. The van der Waals surface area contributed by atoms with Crippen LogP contribution in [0, 0.1) is 5.92 Å². The van der Waals surface area contributed by atoms with Gasteiger partial charge in [-0.1, -0.05) is 19.1 Å². The Kier molecular flexibility index (Phi) is 5.41. The lowest BCUT2D eigenvalue weighted by molar-refractivity contribution is -0.141. The first-order valence-electron chi connectivity index (χ1n) is 8.55. The average Bonchev–Trinajstić information content (AvgIpc) is 2.87. The predicted octanol–water partition coefficient (Wildman–Crippen LogP) is 3.36. The summed E-state index contributed by atoms with van der Waals surface area (Å²) < 4.78 is 11.2. The summed E-state index contributed by atoms with van der Waals surface area (Å²) in [4.78, 5) is 23.4. The highest BCUT2D eigenvalue weighted by atomic mass is 16.5. The lowest BCUT2D eigenvalue weighted by atomic mass is 10.0. The Hall–Kier alpha value is -3.02. The number of carbonyl (C=O) groups is 2. The molecule has 26 heavy (non-hydrogen) atoms. The van der Waals surface area contributed by atoms with E-state index in [1.165, 1.54) is 0 Å². The first-order valence-corrected chi connectivity index (χ1v) is 8.55. The Balaban J connectivity index is 1.66. The summed E-state index contributed by atoms with van der Waals surface area (Å²) >= 11 is 0. The van der Waals surface area contributed by atoms with Crippen LogP contribution in [0.15, 0.2) is 42.5 Å². The molecule has 0 radical (unpaired) electrons. The number of carboxylic acids is 1. The van der Waals surface area contributed by atoms with Gasteiger partial charge in [-0.25, -0.2) is 0 Å². The molecule has 0 saturated carbocycles. The maximum atomic E-state index is 12.5. The van der Waals surface area contributed by atoms with E-state index in [1.807, 2.05) is 12.1 Å². The third-order valence-corrected chi connectivity index (χ3v) is 4.18. The van der Waals surface area contributed by atoms with Crippen molar-refractivity contribution >= 4 is 17.6 Å². The Morgan fingerprint density at radius 1 is 1.08 bits per heavy atom. The van der Waals surface area contributed by atoms with Crippen LogP contribution in [0.4, 0.5) is 5.69 Å². The number of hydrogen-bond acceptors (Lipinski definition) is 4. The largest absolute Gasteiger partial charge is 0.490 e. The molecule has 0 spiro atoms. The summed E-state index contributed by atoms with van der Waals surface area (Å²) in [6, 6.07) is 12.3. The zero-order chi connectivity index (χ0) is 18.5. The number of nitrogens with one attached hydrogen (secondary N) is 1. The van der Waals surface area contributed by atoms with Crippen LogP contribution in [0.25, 0.3) is 0 Å². The third kappa shape index (κ3) is 4.33. The number of fused-ring (bicyclic) bond motifs is 1. The maximum Gasteiger partial charge on any atom is 0.306 e. The number of ether oxygens (including phenoxy) is 2. The molecule has 2 aromatic carbocycles.